The molecular weight excluding hydrogens is 373 g/mol. The fraction of sp³-hybridized carbons (Fsp3) is 0.263. The van der Waals surface area contributed by atoms with Gasteiger partial charge in [0, 0.05) is 5.56 Å². The van der Waals surface area contributed by atoms with Gasteiger partial charge in [-0.3, -0.25) is 9.59 Å². The average molecular weight is 393 g/mol. The standard InChI is InChI=1S/C19H20FNO5S/c1-3-14-4-6-15(7-5-14)18(22)12-26-19(23)13(2)21-27(24,25)17-10-8-16(20)9-11-17/h4-11,13,21H,3,12H2,1-2H3/t13-/m0/s1. The number of benzene rings is 2. The molecule has 2 aromatic rings. The van der Waals surface area contributed by atoms with Crippen LogP contribution in [0.2, 0.25) is 0 Å². The molecule has 0 aliphatic heterocycles. The first-order chi connectivity index (χ1) is 12.7. The van der Waals surface area contributed by atoms with E-state index in [0.29, 0.717) is 5.56 Å². The van der Waals surface area contributed by atoms with E-state index in [1.165, 1.54) is 6.92 Å². The highest BCUT2D eigenvalue weighted by molar-refractivity contribution is 7.89. The van der Waals surface area contributed by atoms with E-state index in [4.69, 9.17) is 4.74 Å². The molecule has 0 radical (unpaired) electrons. The molecule has 0 aliphatic carbocycles. The van der Waals surface area contributed by atoms with Crippen LogP contribution in [0, 0.1) is 5.82 Å². The second-order valence-electron chi connectivity index (χ2n) is 5.88. The Morgan fingerprint density at radius 1 is 1.07 bits per heavy atom. The van der Waals surface area contributed by atoms with E-state index in [-0.39, 0.29) is 10.7 Å². The van der Waals surface area contributed by atoms with Gasteiger partial charge in [0.15, 0.2) is 12.4 Å². The van der Waals surface area contributed by atoms with Crippen molar-refractivity contribution in [1.29, 1.82) is 0 Å². The summed E-state index contributed by atoms with van der Waals surface area (Å²) in [4.78, 5) is 23.9. The van der Waals surface area contributed by atoms with Gasteiger partial charge in [-0.2, -0.15) is 4.72 Å². The van der Waals surface area contributed by atoms with Gasteiger partial charge in [-0.05, 0) is 43.2 Å². The molecule has 144 valence electrons. The maximum absolute atomic E-state index is 12.9. The first kappa shape index (κ1) is 20.7. The summed E-state index contributed by atoms with van der Waals surface area (Å²) in [6.45, 7) is 2.80. The number of sulfonamides is 1. The zero-order valence-electron chi connectivity index (χ0n) is 14.9. The molecule has 0 fully saturated rings. The van der Waals surface area contributed by atoms with Crippen molar-refractivity contribution in [3.63, 3.8) is 0 Å². The van der Waals surface area contributed by atoms with E-state index in [2.05, 4.69) is 4.72 Å². The second kappa shape index (κ2) is 8.88. The minimum atomic E-state index is -4.02. The van der Waals surface area contributed by atoms with Crippen molar-refractivity contribution in [3.05, 3.63) is 65.5 Å². The number of nitrogens with one attached hydrogen (secondary N) is 1. The third-order valence-electron chi connectivity index (χ3n) is 3.84. The molecule has 0 amide bonds. The largest absolute Gasteiger partial charge is 0.456 e. The first-order valence-corrected chi connectivity index (χ1v) is 9.78. The number of carbonyl (C=O) groups is 2. The second-order valence-corrected chi connectivity index (χ2v) is 7.59. The van der Waals surface area contributed by atoms with Gasteiger partial charge in [0.1, 0.15) is 11.9 Å². The molecule has 1 atom stereocenters. The van der Waals surface area contributed by atoms with Crippen molar-refractivity contribution < 1.29 is 27.1 Å². The molecule has 0 heterocycles. The first-order valence-electron chi connectivity index (χ1n) is 8.29. The van der Waals surface area contributed by atoms with Crippen molar-refractivity contribution in [1.82, 2.24) is 4.72 Å². The molecule has 0 saturated carbocycles. The number of ketones is 1. The Kier molecular flexibility index (Phi) is 6.81. The third-order valence-corrected chi connectivity index (χ3v) is 5.40. The molecule has 0 spiro atoms. The van der Waals surface area contributed by atoms with Crippen LogP contribution < -0.4 is 4.72 Å². The lowest BCUT2D eigenvalue weighted by Crippen LogP contribution is -2.40. The fourth-order valence-electron chi connectivity index (χ4n) is 2.23. The Morgan fingerprint density at radius 2 is 1.67 bits per heavy atom. The molecule has 0 aliphatic rings. The highest BCUT2D eigenvalue weighted by Gasteiger charge is 2.24. The number of hydrogen-bond acceptors (Lipinski definition) is 5. The van der Waals surface area contributed by atoms with Crippen LogP contribution in [0.3, 0.4) is 0 Å². The van der Waals surface area contributed by atoms with E-state index in [9.17, 15) is 22.4 Å². The van der Waals surface area contributed by atoms with Crippen LogP contribution in [0.25, 0.3) is 0 Å². The lowest BCUT2D eigenvalue weighted by atomic mass is 10.1. The topological polar surface area (TPSA) is 89.5 Å². The molecule has 0 saturated heterocycles. The maximum atomic E-state index is 12.9. The highest BCUT2D eigenvalue weighted by Crippen LogP contribution is 2.11. The van der Waals surface area contributed by atoms with E-state index in [1.54, 1.807) is 12.1 Å². The lowest BCUT2D eigenvalue weighted by Gasteiger charge is -2.13. The predicted octanol–water partition coefficient (Wildman–Crippen LogP) is 2.48. The van der Waals surface area contributed by atoms with E-state index in [1.807, 2.05) is 19.1 Å². The summed E-state index contributed by atoms with van der Waals surface area (Å²) in [5.41, 5.74) is 1.48. The maximum Gasteiger partial charge on any atom is 0.324 e. The van der Waals surface area contributed by atoms with Gasteiger partial charge >= 0.3 is 5.97 Å². The predicted molar refractivity (Wildman–Crippen MR) is 97.3 cm³/mol. The summed E-state index contributed by atoms with van der Waals surface area (Å²) < 4.78 is 44.3. The van der Waals surface area contributed by atoms with Crippen LogP contribution in [0.4, 0.5) is 4.39 Å². The van der Waals surface area contributed by atoms with Gasteiger partial charge in [0.2, 0.25) is 10.0 Å². The summed E-state index contributed by atoms with van der Waals surface area (Å²) in [6.07, 6.45) is 0.842. The number of Topliss-reactive ketones (excluding diaryl/α,β-unsaturated/α-hetero) is 1. The smallest absolute Gasteiger partial charge is 0.324 e. The number of ether oxygens (including phenoxy) is 1. The molecule has 0 unspecified atom stereocenters. The van der Waals surface area contributed by atoms with Gasteiger partial charge in [-0.15, -0.1) is 0 Å². The van der Waals surface area contributed by atoms with Gasteiger partial charge in [-0.1, -0.05) is 31.2 Å². The molecule has 8 heteroatoms. The summed E-state index contributed by atoms with van der Waals surface area (Å²) in [5, 5.41) is 0. The monoisotopic (exact) mass is 393 g/mol. The summed E-state index contributed by atoms with van der Waals surface area (Å²) >= 11 is 0. The number of rotatable bonds is 8. The van der Waals surface area contributed by atoms with Crippen molar-refractivity contribution in [3.8, 4) is 0 Å². The minimum absolute atomic E-state index is 0.185. The van der Waals surface area contributed by atoms with Gasteiger partial charge < -0.3 is 4.74 Å². The lowest BCUT2D eigenvalue weighted by molar-refractivity contribution is -0.144. The molecule has 1 N–H and O–H groups in total. The van der Waals surface area contributed by atoms with Gasteiger partial charge in [-0.25, -0.2) is 12.8 Å². The molecule has 27 heavy (non-hydrogen) atoms. The van der Waals surface area contributed by atoms with E-state index in [0.717, 1.165) is 36.2 Å². The Morgan fingerprint density at radius 3 is 2.22 bits per heavy atom. The summed E-state index contributed by atoms with van der Waals surface area (Å²) in [5.74, 6) is -1.86. The Labute approximate surface area is 157 Å². The minimum Gasteiger partial charge on any atom is -0.456 e. The highest BCUT2D eigenvalue weighted by atomic mass is 32.2. The van der Waals surface area contributed by atoms with Crippen LogP contribution in [-0.4, -0.2) is 32.8 Å². The molecule has 0 bridgehead atoms. The molecule has 6 nitrogen and oxygen atoms in total. The summed E-state index contributed by atoms with van der Waals surface area (Å²) in [6, 6.07) is 9.88. The quantitative estimate of drug-likeness (QED) is 0.550. The fourth-order valence-corrected chi connectivity index (χ4v) is 3.43. The number of carbonyl (C=O) groups excluding carboxylic acids is 2. The van der Waals surface area contributed by atoms with Crippen LogP contribution in [0.1, 0.15) is 29.8 Å². The molecule has 2 aromatic carbocycles. The zero-order valence-corrected chi connectivity index (χ0v) is 15.8. The molecule has 0 aromatic heterocycles. The van der Waals surface area contributed by atoms with Gasteiger partial charge in [0.25, 0.3) is 0 Å². The van der Waals surface area contributed by atoms with Crippen molar-refractivity contribution in [2.24, 2.45) is 0 Å². The van der Waals surface area contributed by atoms with E-state index >= 15 is 0 Å². The number of halogens is 1. The third kappa shape index (κ3) is 5.70. The van der Waals surface area contributed by atoms with Gasteiger partial charge in [0.05, 0.1) is 4.90 Å². The number of aryl methyl sites for hydroxylation is 1. The average Bonchev–Trinajstić information content (AvgIpc) is 2.65. The zero-order chi connectivity index (χ0) is 20.0. The van der Waals surface area contributed by atoms with Crippen molar-refractivity contribution >= 4 is 21.8 Å². The SMILES string of the molecule is CCc1ccc(C(=O)COC(=O)[C@H](C)NS(=O)(=O)c2ccc(F)cc2)cc1. The van der Waals surface area contributed by atoms with Crippen LogP contribution in [0.5, 0.6) is 0 Å². The Balaban J connectivity index is 1.92. The Bertz CT molecular complexity index is 908. The van der Waals surface area contributed by atoms with Crippen LogP contribution in [-0.2, 0) is 26.0 Å². The molecular formula is C19H20FNO5S. The van der Waals surface area contributed by atoms with Crippen molar-refractivity contribution in [2.75, 3.05) is 6.61 Å². The van der Waals surface area contributed by atoms with Crippen LogP contribution in [0.15, 0.2) is 53.4 Å². The molecule has 2 rings (SSSR count). The summed E-state index contributed by atoms with van der Waals surface area (Å²) in [7, 11) is -4.02. The number of hydrogen-bond donors (Lipinski definition) is 1. The Hall–Kier alpha value is -2.58. The van der Waals surface area contributed by atoms with Crippen molar-refractivity contribution in [2.45, 2.75) is 31.2 Å². The van der Waals surface area contributed by atoms with E-state index < -0.39 is 34.5 Å². The number of esters is 1. The normalized spacial score (nSPS) is 12.4. The van der Waals surface area contributed by atoms with Crippen LogP contribution >= 0.6 is 0 Å².